The molecule has 0 heterocycles. The Morgan fingerprint density at radius 1 is 1.24 bits per heavy atom. The van der Waals surface area contributed by atoms with E-state index in [0.717, 1.165) is 38.9 Å². The van der Waals surface area contributed by atoms with E-state index in [-0.39, 0.29) is 11.3 Å². The average molecular weight is 235 g/mol. The first-order valence-corrected chi connectivity index (χ1v) is 6.48. The van der Waals surface area contributed by atoms with Crippen molar-refractivity contribution in [3.63, 3.8) is 0 Å². The van der Waals surface area contributed by atoms with Gasteiger partial charge in [0, 0.05) is 6.54 Å². The van der Waals surface area contributed by atoms with Crippen LogP contribution in [0.15, 0.2) is 0 Å². The van der Waals surface area contributed by atoms with Gasteiger partial charge in [-0.15, -0.1) is 0 Å². The largest absolute Gasteiger partial charge is 0.302 e. The first-order chi connectivity index (χ1) is 7.95. The molecule has 0 bridgehead atoms. The molecule has 96 valence electrons. The fraction of sp³-hybridized carbons (Fsp3) is 0.857. The summed E-state index contributed by atoms with van der Waals surface area (Å²) in [6.45, 7) is 10.9. The predicted octanol–water partition coefficient (Wildman–Crippen LogP) is 3.19. The van der Waals surface area contributed by atoms with E-state index in [1.807, 2.05) is 20.8 Å². The molecule has 0 spiro atoms. The van der Waals surface area contributed by atoms with Crippen LogP contribution in [0.4, 0.5) is 0 Å². The maximum absolute atomic E-state index is 8.90. The summed E-state index contributed by atoms with van der Waals surface area (Å²) in [7, 11) is 0. The van der Waals surface area contributed by atoms with Crippen molar-refractivity contribution in [2.75, 3.05) is 19.6 Å². The third-order valence-electron chi connectivity index (χ3n) is 3.03. The summed E-state index contributed by atoms with van der Waals surface area (Å²) in [5.74, 6) is 0.102. The zero-order valence-electron chi connectivity index (χ0n) is 11.7. The number of nitrogens with zero attached hydrogens (tertiary/aromatic N) is 3. The molecule has 1 atom stereocenters. The molecule has 0 aliphatic heterocycles. The van der Waals surface area contributed by atoms with Crippen molar-refractivity contribution in [1.82, 2.24) is 4.90 Å². The summed E-state index contributed by atoms with van der Waals surface area (Å²) in [5, 5.41) is 17.7. The summed E-state index contributed by atoms with van der Waals surface area (Å²) in [6.07, 6.45) is 3.14. The Morgan fingerprint density at radius 2 is 1.88 bits per heavy atom. The molecule has 17 heavy (non-hydrogen) atoms. The van der Waals surface area contributed by atoms with Crippen LogP contribution in [0.3, 0.4) is 0 Å². The van der Waals surface area contributed by atoms with Crippen LogP contribution in [0, 0.1) is 34.0 Å². The molecule has 0 aromatic rings. The Labute approximate surface area is 106 Å². The van der Waals surface area contributed by atoms with Crippen molar-refractivity contribution in [3.05, 3.63) is 0 Å². The van der Waals surface area contributed by atoms with Gasteiger partial charge < -0.3 is 4.90 Å². The van der Waals surface area contributed by atoms with Crippen molar-refractivity contribution in [2.45, 2.75) is 47.0 Å². The van der Waals surface area contributed by atoms with Gasteiger partial charge in [0.25, 0.3) is 0 Å². The molecule has 0 saturated heterocycles. The van der Waals surface area contributed by atoms with Gasteiger partial charge in [-0.1, -0.05) is 13.3 Å². The van der Waals surface area contributed by atoms with Crippen LogP contribution >= 0.6 is 0 Å². The molecule has 0 aromatic heterocycles. The van der Waals surface area contributed by atoms with E-state index in [9.17, 15) is 0 Å². The van der Waals surface area contributed by atoms with E-state index < -0.39 is 0 Å². The van der Waals surface area contributed by atoms with Crippen molar-refractivity contribution in [3.8, 4) is 12.1 Å². The fourth-order valence-electron chi connectivity index (χ4n) is 1.76. The topological polar surface area (TPSA) is 50.8 Å². The molecule has 1 unspecified atom stereocenters. The van der Waals surface area contributed by atoms with Gasteiger partial charge in [-0.25, -0.2) is 0 Å². The van der Waals surface area contributed by atoms with E-state index in [0.29, 0.717) is 0 Å². The lowest BCUT2D eigenvalue weighted by molar-refractivity contribution is 0.257. The summed E-state index contributed by atoms with van der Waals surface area (Å²) < 4.78 is 0. The minimum atomic E-state index is -0.197. The van der Waals surface area contributed by atoms with Crippen LogP contribution in [0.5, 0.6) is 0 Å². The van der Waals surface area contributed by atoms with Gasteiger partial charge in [0.15, 0.2) is 0 Å². The molecule has 0 saturated carbocycles. The molecule has 0 aromatic carbocycles. The minimum Gasteiger partial charge on any atom is -0.302 e. The van der Waals surface area contributed by atoms with E-state index >= 15 is 0 Å². The van der Waals surface area contributed by atoms with E-state index in [2.05, 4.69) is 24.0 Å². The first-order valence-electron chi connectivity index (χ1n) is 6.48. The van der Waals surface area contributed by atoms with Gasteiger partial charge in [0.1, 0.15) is 0 Å². The van der Waals surface area contributed by atoms with Crippen molar-refractivity contribution in [2.24, 2.45) is 11.3 Å². The van der Waals surface area contributed by atoms with Crippen LogP contribution in [0.25, 0.3) is 0 Å². The Morgan fingerprint density at radius 3 is 2.35 bits per heavy atom. The second-order valence-electron chi connectivity index (χ2n) is 5.38. The lowest BCUT2D eigenvalue weighted by atomic mass is 9.89. The van der Waals surface area contributed by atoms with E-state index in [1.165, 1.54) is 0 Å². The van der Waals surface area contributed by atoms with Gasteiger partial charge in [-0.3, -0.25) is 0 Å². The molecular formula is C14H25N3. The average Bonchev–Trinajstić information content (AvgIpc) is 2.32. The number of unbranched alkanes of at least 4 members (excludes halogenated alkanes) is 1. The third kappa shape index (κ3) is 7.77. The SMILES string of the molecule is CCN(CCCCC(C)(C)C#N)CC(C)C#N. The summed E-state index contributed by atoms with van der Waals surface area (Å²) in [4.78, 5) is 2.31. The van der Waals surface area contributed by atoms with Crippen molar-refractivity contribution >= 4 is 0 Å². The summed E-state index contributed by atoms with van der Waals surface area (Å²) in [5.41, 5.74) is -0.197. The van der Waals surface area contributed by atoms with Gasteiger partial charge in [0.05, 0.1) is 23.5 Å². The molecule has 0 aliphatic rings. The van der Waals surface area contributed by atoms with E-state index in [4.69, 9.17) is 10.5 Å². The highest BCUT2D eigenvalue weighted by molar-refractivity contribution is 4.91. The molecular weight excluding hydrogens is 210 g/mol. The lowest BCUT2D eigenvalue weighted by Gasteiger charge is -2.22. The van der Waals surface area contributed by atoms with Crippen LogP contribution in [0.2, 0.25) is 0 Å². The maximum atomic E-state index is 8.90. The molecule has 0 N–H and O–H groups in total. The fourth-order valence-corrected chi connectivity index (χ4v) is 1.76. The smallest absolute Gasteiger partial charge is 0.0683 e. The molecule has 0 radical (unpaired) electrons. The zero-order chi connectivity index (χ0) is 13.3. The highest BCUT2D eigenvalue weighted by atomic mass is 15.1. The molecule has 3 nitrogen and oxygen atoms in total. The van der Waals surface area contributed by atoms with Crippen LogP contribution in [0.1, 0.15) is 47.0 Å². The molecule has 0 aliphatic carbocycles. The highest BCUT2D eigenvalue weighted by Crippen LogP contribution is 2.21. The number of hydrogen-bond donors (Lipinski definition) is 0. The Balaban J connectivity index is 3.79. The highest BCUT2D eigenvalue weighted by Gasteiger charge is 2.16. The van der Waals surface area contributed by atoms with Gasteiger partial charge >= 0.3 is 0 Å². The first kappa shape index (κ1) is 15.9. The molecule has 0 rings (SSSR count). The normalized spacial score (nSPS) is 13.1. The molecule has 0 amide bonds. The maximum Gasteiger partial charge on any atom is 0.0683 e. The lowest BCUT2D eigenvalue weighted by Crippen LogP contribution is -2.29. The number of hydrogen-bond acceptors (Lipinski definition) is 3. The quantitative estimate of drug-likeness (QED) is 0.607. The third-order valence-corrected chi connectivity index (χ3v) is 3.03. The number of nitriles is 2. The Bertz CT molecular complexity index is 283. The van der Waals surface area contributed by atoms with Crippen LogP contribution < -0.4 is 0 Å². The molecule has 0 fully saturated rings. The van der Waals surface area contributed by atoms with Crippen molar-refractivity contribution in [1.29, 1.82) is 10.5 Å². The predicted molar refractivity (Wildman–Crippen MR) is 70.1 cm³/mol. The zero-order valence-corrected chi connectivity index (χ0v) is 11.7. The monoisotopic (exact) mass is 235 g/mol. The van der Waals surface area contributed by atoms with Crippen LogP contribution in [-0.2, 0) is 0 Å². The summed E-state index contributed by atoms with van der Waals surface area (Å²) in [6, 6.07) is 4.60. The molecule has 3 heteroatoms. The second-order valence-corrected chi connectivity index (χ2v) is 5.38. The Kier molecular flexibility index (Phi) is 7.59. The van der Waals surface area contributed by atoms with Crippen LogP contribution in [-0.4, -0.2) is 24.5 Å². The van der Waals surface area contributed by atoms with Gasteiger partial charge in [0.2, 0.25) is 0 Å². The number of rotatable bonds is 8. The standard InChI is InChI=1S/C14H25N3/c1-5-17(11-13(2)10-15)9-7-6-8-14(3,4)12-16/h13H,5-9,11H2,1-4H3. The second kappa shape index (κ2) is 8.09. The Hall–Kier alpha value is -1.06. The van der Waals surface area contributed by atoms with E-state index in [1.54, 1.807) is 0 Å². The van der Waals surface area contributed by atoms with Crippen molar-refractivity contribution < 1.29 is 0 Å². The van der Waals surface area contributed by atoms with Gasteiger partial charge in [-0.2, -0.15) is 10.5 Å². The summed E-state index contributed by atoms with van der Waals surface area (Å²) >= 11 is 0. The minimum absolute atomic E-state index is 0.102. The van der Waals surface area contributed by atoms with Gasteiger partial charge in [-0.05, 0) is 46.7 Å².